The molecule has 0 aliphatic heterocycles. The number of hydrogen-bond donors (Lipinski definition) is 2. The maximum atomic E-state index is 12.5. The first-order chi connectivity index (χ1) is 13.2. The van der Waals surface area contributed by atoms with Crippen molar-refractivity contribution in [2.75, 3.05) is 22.9 Å². The van der Waals surface area contributed by atoms with Crippen molar-refractivity contribution in [2.45, 2.75) is 20.0 Å². The molecule has 28 heavy (non-hydrogen) atoms. The first-order valence-corrected chi connectivity index (χ1v) is 9.94. The topological polar surface area (TPSA) is 93.7 Å². The lowest BCUT2D eigenvalue weighted by Crippen LogP contribution is -2.17. The summed E-state index contributed by atoms with van der Waals surface area (Å²) in [5, 5.41) is 2.54. The van der Waals surface area contributed by atoms with E-state index < -0.39 is 22.5 Å². The third kappa shape index (κ3) is 6.08. The maximum Gasteiger partial charge on any atom is 0.387 e. The Morgan fingerprint density at radius 2 is 1.86 bits per heavy atom. The second-order valence-corrected chi connectivity index (χ2v) is 7.54. The minimum absolute atomic E-state index is 0.0395. The van der Waals surface area contributed by atoms with E-state index in [1.165, 1.54) is 49.6 Å². The number of rotatable bonds is 9. The fraction of sp³-hybridized carbons (Fsp3) is 0.278. The van der Waals surface area contributed by atoms with Crippen LogP contribution in [-0.2, 0) is 10.0 Å². The highest BCUT2D eigenvalue weighted by Gasteiger charge is 2.14. The summed E-state index contributed by atoms with van der Waals surface area (Å²) in [4.78, 5) is 12.4. The Kier molecular flexibility index (Phi) is 7.16. The summed E-state index contributed by atoms with van der Waals surface area (Å²) in [5.74, 6) is -0.728. The summed E-state index contributed by atoms with van der Waals surface area (Å²) in [7, 11) is -2.19. The van der Waals surface area contributed by atoms with Gasteiger partial charge in [-0.1, -0.05) is 13.0 Å². The summed E-state index contributed by atoms with van der Waals surface area (Å²) in [5.41, 5.74) is 0.639. The number of amides is 1. The van der Waals surface area contributed by atoms with Gasteiger partial charge in [0, 0.05) is 23.0 Å². The van der Waals surface area contributed by atoms with Crippen molar-refractivity contribution in [3.05, 3.63) is 48.0 Å². The van der Waals surface area contributed by atoms with Crippen LogP contribution in [0.15, 0.2) is 42.5 Å². The van der Waals surface area contributed by atoms with Crippen LogP contribution in [0.5, 0.6) is 11.5 Å². The monoisotopic (exact) mass is 414 g/mol. The standard InChI is InChI=1S/C18H20F2N2O5S/c1-3-9-28(24,25)22-14-6-4-5-12(10-14)17(23)21-13-7-8-15(26-2)16(11-13)27-18(19)20/h4-8,10-11,18,22H,3,9H2,1-2H3,(H,21,23). The smallest absolute Gasteiger partial charge is 0.387 e. The van der Waals surface area contributed by atoms with E-state index in [1.54, 1.807) is 6.92 Å². The Balaban J connectivity index is 2.18. The molecule has 7 nitrogen and oxygen atoms in total. The molecule has 0 aliphatic carbocycles. The summed E-state index contributed by atoms with van der Waals surface area (Å²) in [6.07, 6.45) is 0.454. The molecule has 0 saturated carbocycles. The number of ether oxygens (including phenoxy) is 2. The molecule has 2 N–H and O–H groups in total. The molecule has 0 bridgehead atoms. The minimum Gasteiger partial charge on any atom is -0.493 e. The second kappa shape index (κ2) is 9.36. The van der Waals surface area contributed by atoms with Gasteiger partial charge in [-0.25, -0.2) is 8.42 Å². The van der Waals surface area contributed by atoms with Crippen LogP contribution in [0.3, 0.4) is 0 Å². The van der Waals surface area contributed by atoms with E-state index in [2.05, 4.69) is 14.8 Å². The number of carbonyl (C=O) groups excluding carboxylic acids is 1. The summed E-state index contributed by atoms with van der Waals surface area (Å²) < 4.78 is 60.4. The van der Waals surface area contributed by atoms with E-state index in [0.717, 1.165) is 0 Å². The molecule has 0 radical (unpaired) electrons. The molecule has 0 heterocycles. The van der Waals surface area contributed by atoms with Gasteiger partial charge in [-0.3, -0.25) is 9.52 Å². The third-order valence-corrected chi connectivity index (χ3v) is 5.00. The Morgan fingerprint density at radius 3 is 2.50 bits per heavy atom. The van der Waals surface area contributed by atoms with Crippen LogP contribution < -0.4 is 19.5 Å². The lowest BCUT2D eigenvalue weighted by Gasteiger charge is -2.13. The van der Waals surface area contributed by atoms with Crippen molar-refractivity contribution in [1.82, 2.24) is 0 Å². The first-order valence-electron chi connectivity index (χ1n) is 8.29. The number of benzene rings is 2. The van der Waals surface area contributed by atoms with Gasteiger partial charge in [-0.15, -0.1) is 0 Å². The van der Waals surface area contributed by atoms with E-state index in [4.69, 9.17) is 4.74 Å². The number of hydrogen-bond acceptors (Lipinski definition) is 5. The second-order valence-electron chi connectivity index (χ2n) is 5.70. The average molecular weight is 414 g/mol. The van der Waals surface area contributed by atoms with Crippen LogP contribution in [0.1, 0.15) is 23.7 Å². The van der Waals surface area contributed by atoms with E-state index in [1.807, 2.05) is 0 Å². The van der Waals surface area contributed by atoms with E-state index in [9.17, 15) is 22.0 Å². The SMILES string of the molecule is CCCS(=O)(=O)Nc1cccc(C(=O)Nc2ccc(OC)c(OC(F)F)c2)c1. The molecule has 2 rings (SSSR count). The van der Waals surface area contributed by atoms with Crippen LogP contribution in [0.25, 0.3) is 0 Å². The van der Waals surface area contributed by atoms with Crippen molar-refractivity contribution in [3.63, 3.8) is 0 Å². The Morgan fingerprint density at radius 1 is 1.11 bits per heavy atom. The molecule has 0 fully saturated rings. The Bertz CT molecular complexity index is 935. The quantitative estimate of drug-likeness (QED) is 0.653. The van der Waals surface area contributed by atoms with Gasteiger partial charge >= 0.3 is 6.61 Å². The highest BCUT2D eigenvalue weighted by molar-refractivity contribution is 7.92. The first kappa shape index (κ1) is 21.4. The van der Waals surface area contributed by atoms with Gasteiger partial charge in [0.2, 0.25) is 10.0 Å². The summed E-state index contributed by atoms with van der Waals surface area (Å²) >= 11 is 0. The van der Waals surface area contributed by atoms with Crippen molar-refractivity contribution in [1.29, 1.82) is 0 Å². The molecule has 0 spiro atoms. The maximum absolute atomic E-state index is 12.5. The number of nitrogens with one attached hydrogen (secondary N) is 2. The predicted octanol–water partition coefficient (Wildman–Crippen LogP) is 3.70. The number of anilines is 2. The zero-order valence-corrected chi connectivity index (χ0v) is 16.1. The highest BCUT2D eigenvalue weighted by Crippen LogP contribution is 2.31. The van der Waals surface area contributed by atoms with Gasteiger partial charge in [-0.05, 0) is 36.8 Å². The minimum atomic E-state index is -3.49. The van der Waals surface area contributed by atoms with E-state index in [-0.39, 0.29) is 34.2 Å². The number of alkyl halides is 2. The zero-order chi connectivity index (χ0) is 20.7. The average Bonchev–Trinajstić information content (AvgIpc) is 2.61. The van der Waals surface area contributed by atoms with Crippen molar-refractivity contribution < 1.29 is 31.5 Å². The molecule has 0 saturated heterocycles. The summed E-state index contributed by atoms with van der Waals surface area (Å²) in [6, 6.07) is 9.96. The molecule has 1 amide bonds. The Labute approximate surface area is 161 Å². The van der Waals surface area contributed by atoms with E-state index in [0.29, 0.717) is 6.42 Å². The van der Waals surface area contributed by atoms with E-state index >= 15 is 0 Å². The van der Waals surface area contributed by atoms with Crippen LogP contribution in [0, 0.1) is 0 Å². The van der Waals surface area contributed by atoms with Gasteiger partial charge < -0.3 is 14.8 Å². The molecular weight excluding hydrogens is 394 g/mol. The normalized spacial score (nSPS) is 11.2. The largest absolute Gasteiger partial charge is 0.493 e. The van der Waals surface area contributed by atoms with Crippen LogP contribution in [-0.4, -0.2) is 33.8 Å². The highest BCUT2D eigenvalue weighted by atomic mass is 32.2. The van der Waals surface area contributed by atoms with Gasteiger partial charge in [-0.2, -0.15) is 8.78 Å². The van der Waals surface area contributed by atoms with Crippen LogP contribution in [0.2, 0.25) is 0 Å². The number of sulfonamides is 1. The third-order valence-electron chi connectivity index (χ3n) is 3.51. The molecule has 152 valence electrons. The molecule has 0 aliphatic rings. The van der Waals surface area contributed by atoms with Crippen molar-refractivity contribution >= 4 is 27.3 Å². The molecule has 0 unspecified atom stereocenters. The lowest BCUT2D eigenvalue weighted by atomic mass is 10.2. The molecule has 0 aromatic heterocycles. The molecular formula is C18H20F2N2O5S. The fourth-order valence-corrected chi connectivity index (χ4v) is 3.49. The Hall–Kier alpha value is -2.88. The van der Waals surface area contributed by atoms with Gasteiger partial charge in [0.1, 0.15) is 0 Å². The molecule has 2 aromatic rings. The molecule has 0 atom stereocenters. The number of carbonyl (C=O) groups is 1. The zero-order valence-electron chi connectivity index (χ0n) is 15.2. The van der Waals surface area contributed by atoms with Gasteiger partial charge in [0.05, 0.1) is 12.9 Å². The van der Waals surface area contributed by atoms with Gasteiger partial charge in [0.25, 0.3) is 5.91 Å². The number of methoxy groups -OCH3 is 1. The van der Waals surface area contributed by atoms with Crippen molar-refractivity contribution in [3.8, 4) is 11.5 Å². The van der Waals surface area contributed by atoms with Gasteiger partial charge in [0.15, 0.2) is 11.5 Å². The van der Waals surface area contributed by atoms with Crippen LogP contribution >= 0.6 is 0 Å². The summed E-state index contributed by atoms with van der Waals surface area (Å²) in [6.45, 7) is -1.31. The molecule has 2 aromatic carbocycles. The van der Waals surface area contributed by atoms with Crippen LogP contribution in [0.4, 0.5) is 20.2 Å². The molecule has 10 heteroatoms. The van der Waals surface area contributed by atoms with Crippen molar-refractivity contribution in [2.24, 2.45) is 0 Å². The predicted molar refractivity (Wildman–Crippen MR) is 102 cm³/mol. The fourth-order valence-electron chi connectivity index (χ4n) is 2.37. The number of halogens is 2. The lowest BCUT2D eigenvalue weighted by molar-refractivity contribution is -0.0511.